The number of likely N-dealkylation sites (tertiary alicyclic amines) is 1. The van der Waals surface area contributed by atoms with Crippen LogP contribution >= 0.6 is 0 Å². The van der Waals surface area contributed by atoms with Gasteiger partial charge in [-0.15, -0.1) is 0 Å². The fourth-order valence-electron chi connectivity index (χ4n) is 2.53. The van der Waals surface area contributed by atoms with E-state index in [0.29, 0.717) is 0 Å². The summed E-state index contributed by atoms with van der Waals surface area (Å²) in [5, 5.41) is 0. The zero-order valence-electron chi connectivity index (χ0n) is 9.34. The molecule has 1 fully saturated rings. The van der Waals surface area contributed by atoms with E-state index in [1.165, 1.54) is 0 Å². The van der Waals surface area contributed by atoms with Crippen LogP contribution in [0.4, 0.5) is 0 Å². The van der Waals surface area contributed by atoms with Crippen LogP contribution in [0.3, 0.4) is 0 Å². The third-order valence-corrected chi connectivity index (χ3v) is 3.47. The van der Waals surface area contributed by atoms with Crippen LogP contribution in [-0.4, -0.2) is 50.3 Å². The minimum Gasteiger partial charge on any atom is -0.377 e. The molecule has 0 aromatic carbocycles. The van der Waals surface area contributed by atoms with Crippen molar-refractivity contribution in [3.05, 3.63) is 12.2 Å². The summed E-state index contributed by atoms with van der Waals surface area (Å²) in [4.78, 5) is 13.7. The first-order valence-corrected chi connectivity index (χ1v) is 5.19. The Morgan fingerprint density at radius 3 is 2.47 bits per heavy atom. The summed E-state index contributed by atoms with van der Waals surface area (Å²) >= 11 is 0. The van der Waals surface area contributed by atoms with Gasteiger partial charge in [-0.05, 0) is 6.42 Å². The summed E-state index contributed by atoms with van der Waals surface area (Å²) < 4.78 is 10.7. The molecule has 2 bridgehead atoms. The van der Waals surface area contributed by atoms with Gasteiger partial charge in [-0.2, -0.15) is 0 Å². The molecule has 0 unspecified atom stereocenters. The van der Waals surface area contributed by atoms with Crippen LogP contribution in [0.15, 0.2) is 12.2 Å². The highest BCUT2D eigenvalue weighted by Gasteiger charge is 2.45. The normalized spacial score (nSPS) is 39.7. The Labute approximate surface area is 89.8 Å². The van der Waals surface area contributed by atoms with Crippen molar-refractivity contribution in [1.82, 2.24) is 4.90 Å². The van der Waals surface area contributed by atoms with Gasteiger partial charge in [-0.25, -0.2) is 0 Å². The molecule has 4 atom stereocenters. The van der Waals surface area contributed by atoms with Crippen LogP contribution in [0.2, 0.25) is 0 Å². The summed E-state index contributed by atoms with van der Waals surface area (Å²) in [6.07, 6.45) is 4.65. The van der Waals surface area contributed by atoms with Crippen LogP contribution in [0.5, 0.6) is 0 Å². The van der Waals surface area contributed by atoms with E-state index in [1.807, 2.05) is 19.2 Å². The van der Waals surface area contributed by atoms with E-state index in [-0.39, 0.29) is 30.1 Å². The quantitative estimate of drug-likeness (QED) is 0.622. The molecule has 2 rings (SSSR count). The van der Waals surface area contributed by atoms with Gasteiger partial charge in [0.05, 0.1) is 24.2 Å². The van der Waals surface area contributed by atoms with Crippen molar-refractivity contribution in [1.29, 1.82) is 0 Å². The molecule has 84 valence electrons. The number of hydrogen-bond acceptors (Lipinski definition) is 3. The monoisotopic (exact) mass is 211 g/mol. The van der Waals surface area contributed by atoms with E-state index in [4.69, 9.17) is 9.47 Å². The highest BCUT2D eigenvalue weighted by atomic mass is 16.5. The van der Waals surface area contributed by atoms with Crippen molar-refractivity contribution in [3.63, 3.8) is 0 Å². The fourth-order valence-corrected chi connectivity index (χ4v) is 2.53. The summed E-state index contributed by atoms with van der Waals surface area (Å²) in [5.41, 5.74) is 0. The van der Waals surface area contributed by atoms with E-state index >= 15 is 0 Å². The predicted octanol–water partition coefficient (Wildman–Crippen LogP) is 0.433. The molecule has 4 heteroatoms. The number of amides is 1. The molecule has 0 N–H and O–H groups in total. The number of ether oxygens (including phenoxy) is 2. The predicted molar refractivity (Wildman–Crippen MR) is 55.4 cm³/mol. The molecule has 1 aliphatic carbocycles. The van der Waals surface area contributed by atoms with Crippen molar-refractivity contribution in [2.45, 2.75) is 24.7 Å². The summed E-state index contributed by atoms with van der Waals surface area (Å²) in [6, 6.07) is 0.156. The standard InChI is InChI=1S/C11H17NO3/c1-12-8-6-7(11(12)13)9(14-2)4-5-10(8)15-3/h4-5,7-10H,6H2,1-3H3/t7-,8+,9+,10-/m0/s1. The molecule has 4 nitrogen and oxygen atoms in total. The van der Waals surface area contributed by atoms with Crippen LogP contribution in [0, 0.1) is 5.92 Å². The Hall–Kier alpha value is -0.870. The second-order valence-electron chi connectivity index (χ2n) is 4.14. The number of carbonyl (C=O) groups excluding carboxylic acids is 1. The molecule has 0 saturated carbocycles. The van der Waals surface area contributed by atoms with Crippen molar-refractivity contribution < 1.29 is 14.3 Å². The third kappa shape index (κ3) is 1.58. The lowest BCUT2D eigenvalue weighted by atomic mass is 10.00. The molecule has 1 saturated heterocycles. The lowest BCUT2D eigenvalue weighted by Gasteiger charge is -2.26. The fraction of sp³-hybridized carbons (Fsp3) is 0.727. The molecule has 0 aromatic rings. The first-order valence-electron chi connectivity index (χ1n) is 5.19. The van der Waals surface area contributed by atoms with Gasteiger partial charge in [0.25, 0.3) is 0 Å². The first kappa shape index (κ1) is 10.6. The minimum absolute atomic E-state index is 0.0101. The molecular formula is C11H17NO3. The Bertz CT molecular complexity index is 290. The van der Waals surface area contributed by atoms with Crippen molar-refractivity contribution in [2.24, 2.45) is 5.92 Å². The lowest BCUT2D eigenvalue weighted by molar-refractivity contribution is -0.134. The number of fused-ring (bicyclic) bond motifs is 2. The average molecular weight is 211 g/mol. The maximum Gasteiger partial charge on any atom is 0.228 e. The summed E-state index contributed by atoms with van der Waals surface area (Å²) in [5.74, 6) is 0.125. The van der Waals surface area contributed by atoms with Gasteiger partial charge >= 0.3 is 0 Å². The minimum atomic E-state index is -0.106. The zero-order valence-corrected chi connectivity index (χ0v) is 9.34. The largest absolute Gasteiger partial charge is 0.377 e. The number of methoxy groups -OCH3 is 2. The maximum atomic E-state index is 11.9. The zero-order chi connectivity index (χ0) is 11.0. The van der Waals surface area contributed by atoms with Crippen LogP contribution in [0.1, 0.15) is 6.42 Å². The van der Waals surface area contributed by atoms with E-state index in [9.17, 15) is 4.79 Å². The summed E-state index contributed by atoms with van der Waals surface area (Å²) in [6.45, 7) is 0. The van der Waals surface area contributed by atoms with Gasteiger partial charge in [0.1, 0.15) is 0 Å². The number of carbonyl (C=O) groups is 1. The Morgan fingerprint density at radius 1 is 1.27 bits per heavy atom. The van der Waals surface area contributed by atoms with E-state index in [0.717, 1.165) is 6.42 Å². The van der Waals surface area contributed by atoms with Gasteiger partial charge in [-0.1, -0.05) is 12.2 Å². The second kappa shape index (κ2) is 3.94. The van der Waals surface area contributed by atoms with Crippen LogP contribution < -0.4 is 0 Å². The molecule has 0 radical (unpaired) electrons. The number of nitrogens with zero attached hydrogens (tertiary/aromatic N) is 1. The molecule has 1 amide bonds. The molecule has 1 aliphatic heterocycles. The number of likely N-dealkylation sites (N-methyl/N-ethyl adjacent to an activating group) is 1. The number of hydrogen-bond donors (Lipinski definition) is 0. The highest BCUT2D eigenvalue weighted by Crippen LogP contribution is 2.33. The average Bonchev–Trinajstić information content (AvgIpc) is 2.48. The molecule has 15 heavy (non-hydrogen) atoms. The van der Waals surface area contributed by atoms with Crippen LogP contribution in [0.25, 0.3) is 0 Å². The molecule has 0 aromatic heterocycles. The smallest absolute Gasteiger partial charge is 0.228 e. The second-order valence-corrected chi connectivity index (χ2v) is 4.14. The Kier molecular flexibility index (Phi) is 2.80. The van der Waals surface area contributed by atoms with Gasteiger partial charge in [0.2, 0.25) is 5.91 Å². The van der Waals surface area contributed by atoms with Crippen molar-refractivity contribution in [3.8, 4) is 0 Å². The third-order valence-electron chi connectivity index (χ3n) is 3.47. The first-order chi connectivity index (χ1) is 7.19. The number of rotatable bonds is 2. The highest BCUT2D eigenvalue weighted by molar-refractivity contribution is 5.82. The van der Waals surface area contributed by atoms with Crippen molar-refractivity contribution in [2.75, 3.05) is 21.3 Å². The molecule has 2 aliphatic rings. The molecule has 0 spiro atoms. The van der Waals surface area contributed by atoms with Gasteiger partial charge < -0.3 is 14.4 Å². The molecular weight excluding hydrogens is 194 g/mol. The van der Waals surface area contributed by atoms with Gasteiger partial charge in [0.15, 0.2) is 0 Å². The Balaban J connectivity index is 2.30. The maximum absolute atomic E-state index is 11.9. The summed E-state index contributed by atoms with van der Waals surface area (Å²) in [7, 11) is 5.15. The van der Waals surface area contributed by atoms with E-state index in [1.54, 1.807) is 19.1 Å². The van der Waals surface area contributed by atoms with Crippen molar-refractivity contribution >= 4 is 5.91 Å². The van der Waals surface area contributed by atoms with Crippen LogP contribution in [-0.2, 0) is 14.3 Å². The SMILES string of the molecule is CO[C@H]1C=C[C@@H](OC)[C@@H]2C[C@H]1N(C)C2=O. The lowest BCUT2D eigenvalue weighted by Crippen LogP contribution is -2.40. The topological polar surface area (TPSA) is 38.8 Å². The van der Waals surface area contributed by atoms with E-state index < -0.39 is 0 Å². The van der Waals surface area contributed by atoms with Gasteiger partial charge in [0, 0.05) is 21.3 Å². The Morgan fingerprint density at radius 2 is 1.87 bits per heavy atom. The van der Waals surface area contributed by atoms with Gasteiger partial charge in [-0.3, -0.25) is 4.79 Å². The molecule has 1 heterocycles. The van der Waals surface area contributed by atoms with E-state index in [2.05, 4.69) is 0 Å².